The van der Waals surface area contributed by atoms with Gasteiger partial charge in [-0.3, -0.25) is 4.79 Å². The molecule has 0 aliphatic carbocycles. The van der Waals surface area contributed by atoms with Crippen LogP contribution in [0, 0.1) is 0 Å². The van der Waals surface area contributed by atoms with Crippen LogP contribution in [0.4, 0.5) is 0 Å². The van der Waals surface area contributed by atoms with E-state index in [9.17, 15) is 4.79 Å². The second-order valence-corrected chi connectivity index (χ2v) is 6.06. The molecule has 1 amide bonds. The van der Waals surface area contributed by atoms with Gasteiger partial charge < -0.3 is 19.7 Å². The second-order valence-electron chi connectivity index (χ2n) is 5.65. The fourth-order valence-corrected chi connectivity index (χ4v) is 3.15. The van der Waals surface area contributed by atoms with Gasteiger partial charge >= 0.3 is 0 Å². The Bertz CT molecular complexity index is 520. The zero-order valence-corrected chi connectivity index (χ0v) is 13.2. The molecule has 2 atom stereocenters. The summed E-state index contributed by atoms with van der Waals surface area (Å²) in [4.78, 5) is 14.3. The van der Waals surface area contributed by atoms with Gasteiger partial charge in [0.1, 0.15) is 6.10 Å². The Hall–Kier alpha value is -1.14. The number of carbonyl (C=O) groups is 1. The van der Waals surface area contributed by atoms with E-state index in [1.165, 1.54) is 0 Å². The van der Waals surface area contributed by atoms with Crippen molar-refractivity contribution in [2.45, 2.75) is 18.6 Å². The summed E-state index contributed by atoms with van der Waals surface area (Å²) >= 11 is 6.23. The van der Waals surface area contributed by atoms with E-state index in [0.717, 1.165) is 18.7 Å². The lowest BCUT2D eigenvalue weighted by Crippen LogP contribution is -2.48. The molecule has 2 unspecified atom stereocenters. The highest BCUT2D eigenvalue weighted by Crippen LogP contribution is 2.28. The molecule has 0 bridgehead atoms. The normalized spacial score (nSPS) is 26.0. The highest BCUT2D eigenvalue weighted by atomic mass is 35.5. The van der Waals surface area contributed by atoms with Crippen LogP contribution in [-0.2, 0) is 14.3 Å². The van der Waals surface area contributed by atoms with Crippen LogP contribution in [0.5, 0.6) is 0 Å². The van der Waals surface area contributed by atoms with E-state index in [1.807, 2.05) is 29.2 Å². The van der Waals surface area contributed by atoms with E-state index in [-0.39, 0.29) is 18.1 Å². The Kier molecular flexibility index (Phi) is 5.31. The summed E-state index contributed by atoms with van der Waals surface area (Å²) in [7, 11) is 0. The maximum Gasteiger partial charge on any atom is 0.224 e. The zero-order chi connectivity index (χ0) is 15.4. The second kappa shape index (κ2) is 7.42. The van der Waals surface area contributed by atoms with Crippen LogP contribution in [0.25, 0.3) is 0 Å². The van der Waals surface area contributed by atoms with E-state index in [0.29, 0.717) is 37.7 Å². The molecule has 2 saturated heterocycles. The molecule has 120 valence electrons. The monoisotopic (exact) mass is 324 g/mol. The molecule has 1 aromatic carbocycles. The van der Waals surface area contributed by atoms with Gasteiger partial charge in [0.15, 0.2) is 0 Å². The van der Waals surface area contributed by atoms with Gasteiger partial charge in [0, 0.05) is 36.1 Å². The maximum absolute atomic E-state index is 12.5. The first-order valence-electron chi connectivity index (χ1n) is 7.69. The maximum atomic E-state index is 12.5. The van der Waals surface area contributed by atoms with Gasteiger partial charge in [-0.2, -0.15) is 0 Å². The van der Waals surface area contributed by atoms with Crippen molar-refractivity contribution in [3.05, 3.63) is 34.9 Å². The highest BCUT2D eigenvalue weighted by molar-refractivity contribution is 6.31. The largest absolute Gasteiger partial charge is 0.378 e. The van der Waals surface area contributed by atoms with Crippen LogP contribution >= 0.6 is 11.6 Å². The molecular formula is C16H21ClN2O3. The number of nitrogens with zero attached hydrogens (tertiary/aromatic N) is 1. The van der Waals surface area contributed by atoms with Crippen LogP contribution < -0.4 is 5.32 Å². The van der Waals surface area contributed by atoms with E-state index < -0.39 is 0 Å². The van der Waals surface area contributed by atoms with E-state index in [4.69, 9.17) is 21.1 Å². The molecule has 6 heteroatoms. The number of rotatable bonds is 3. The van der Waals surface area contributed by atoms with Gasteiger partial charge in [-0.25, -0.2) is 0 Å². The topological polar surface area (TPSA) is 50.8 Å². The number of benzene rings is 1. The molecule has 2 fully saturated rings. The highest BCUT2D eigenvalue weighted by Gasteiger charge is 2.28. The van der Waals surface area contributed by atoms with Crippen molar-refractivity contribution in [1.29, 1.82) is 0 Å². The van der Waals surface area contributed by atoms with Crippen LogP contribution in [0.3, 0.4) is 0 Å². The molecule has 2 aliphatic heterocycles. The van der Waals surface area contributed by atoms with Gasteiger partial charge in [-0.1, -0.05) is 29.8 Å². The zero-order valence-electron chi connectivity index (χ0n) is 12.5. The predicted molar refractivity (Wildman–Crippen MR) is 84.0 cm³/mol. The summed E-state index contributed by atoms with van der Waals surface area (Å²) < 4.78 is 11.2. The average molecular weight is 325 g/mol. The molecule has 1 N–H and O–H groups in total. The summed E-state index contributed by atoms with van der Waals surface area (Å²) in [6.07, 6.45) is 0.317. The van der Waals surface area contributed by atoms with Gasteiger partial charge in [-0.05, 0) is 6.07 Å². The minimum absolute atomic E-state index is 0.114. The molecule has 0 spiro atoms. The van der Waals surface area contributed by atoms with Crippen molar-refractivity contribution < 1.29 is 14.3 Å². The lowest BCUT2D eigenvalue weighted by Gasteiger charge is -2.35. The van der Waals surface area contributed by atoms with Crippen molar-refractivity contribution in [3.63, 3.8) is 0 Å². The molecule has 2 heterocycles. The summed E-state index contributed by atoms with van der Waals surface area (Å²) in [5, 5.41) is 4.00. The molecule has 2 aliphatic rings. The lowest BCUT2D eigenvalue weighted by atomic mass is 10.1. The van der Waals surface area contributed by atoms with Gasteiger partial charge in [0.2, 0.25) is 5.91 Å². The van der Waals surface area contributed by atoms with Crippen LogP contribution in [0.1, 0.15) is 18.1 Å². The van der Waals surface area contributed by atoms with Crippen molar-refractivity contribution in [3.8, 4) is 0 Å². The Morgan fingerprint density at radius 2 is 2.23 bits per heavy atom. The third-order valence-corrected chi connectivity index (χ3v) is 4.43. The molecule has 0 saturated carbocycles. The van der Waals surface area contributed by atoms with Crippen molar-refractivity contribution in [1.82, 2.24) is 10.2 Å². The van der Waals surface area contributed by atoms with E-state index >= 15 is 0 Å². The number of amides is 1. The first-order valence-corrected chi connectivity index (χ1v) is 8.07. The summed E-state index contributed by atoms with van der Waals surface area (Å²) in [6.45, 7) is 3.85. The van der Waals surface area contributed by atoms with Crippen LogP contribution in [0.15, 0.2) is 24.3 Å². The van der Waals surface area contributed by atoms with Gasteiger partial charge in [0.25, 0.3) is 0 Å². The van der Waals surface area contributed by atoms with Gasteiger partial charge in [0.05, 0.1) is 26.4 Å². The lowest BCUT2D eigenvalue weighted by molar-refractivity contribution is -0.140. The van der Waals surface area contributed by atoms with Crippen molar-refractivity contribution in [2.75, 3.05) is 39.5 Å². The number of nitrogens with one attached hydrogen (secondary N) is 1. The minimum Gasteiger partial charge on any atom is -0.378 e. The number of ether oxygens (including phenoxy) is 2. The number of hydrogen-bond acceptors (Lipinski definition) is 4. The summed E-state index contributed by atoms with van der Waals surface area (Å²) in [5.41, 5.74) is 0.945. The minimum atomic E-state index is -0.151. The fourth-order valence-electron chi connectivity index (χ4n) is 2.89. The average Bonchev–Trinajstić information content (AvgIpc) is 2.56. The molecule has 0 aromatic heterocycles. The fraction of sp³-hybridized carbons (Fsp3) is 0.562. The Labute approximate surface area is 135 Å². The standard InChI is InChI=1S/C16H21ClN2O3/c17-14-4-2-1-3-13(14)15-10-19(6-8-22-15)16(20)9-12-11-21-7-5-18-12/h1-4,12,15,18H,5-11H2. The van der Waals surface area contributed by atoms with Gasteiger partial charge in [-0.15, -0.1) is 0 Å². The first kappa shape index (κ1) is 15.7. The molecular weight excluding hydrogens is 304 g/mol. The Balaban J connectivity index is 1.60. The predicted octanol–water partition coefficient (Wildman–Crippen LogP) is 1.62. The Morgan fingerprint density at radius 3 is 3.00 bits per heavy atom. The number of hydrogen-bond donors (Lipinski definition) is 1. The summed E-state index contributed by atoms with van der Waals surface area (Å²) in [6, 6.07) is 7.76. The molecule has 1 aromatic rings. The van der Waals surface area contributed by atoms with E-state index in [1.54, 1.807) is 0 Å². The number of carbonyl (C=O) groups excluding carboxylic acids is 1. The molecule has 5 nitrogen and oxygen atoms in total. The number of morpholine rings is 2. The SMILES string of the molecule is O=C(CC1COCCN1)N1CCOC(c2ccccc2Cl)C1. The molecule has 22 heavy (non-hydrogen) atoms. The smallest absolute Gasteiger partial charge is 0.224 e. The summed E-state index contributed by atoms with van der Waals surface area (Å²) in [5.74, 6) is 0.142. The van der Waals surface area contributed by atoms with Crippen LogP contribution in [-0.4, -0.2) is 56.3 Å². The third kappa shape index (κ3) is 3.79. The first-order chi connectivity index (χ1) is 10.7. The molecule has 3 rings (SSSR count). The van der Waals surface area contributed by atoms with Crippen molar-refractivity contribution in [2.24, 2.45) is 0 Å². The quantitative estimate of drug-likeness (QED) is 0.918. The van der Waals surface area contributed by atoms with Crippen LogP contribution in [0.2, 0.25) is 5.02 Å². The third-order valence-electron chi connectivity index (χ3n) is 4.09. The molecule has 0 radical (unpaired) electrons. The van der Waals surface area contributed by atoms with E-state index in [2.05, 4.69) is 5.32 Å². The van der Waals surface area contributed by atoms with Crippen molar-refractivity contribution >= 4 is 17.5 Å². The number of halogens is 1. The Morgan fingerprint density at radius 1 is 1.36 bits per heavy atom.